The van der Waals surface area contributed by atoms with Gasteiger partial charge < -0.3 is 15.5 Å². The molecule has 4 heteroatoms. The van der Waals surface area contributed by atoms with Crippen LogP contribution in [0.1, 0.15) is 25.7 Å². The Morgan fingerprint density at radius 1 is 1.13 bits per heavy atom. The predicted molar refractivity (Wildman–Crippen MR) is 62.9 cm³/mol. The number of piperazine rings is 1. The molecule has 0 spiro atoms. The van der Waals surface area contributed by atoms with Gasteiger partial charge in [-0.1, -0.05) is 12.8 Å². The second-order valence-corrected chi connectivity index (χ2v) is 4.72. The second kappa shape index (κ2) is 4.84. The maximum Gasteiger partial charge on any atom is 0.191 e. The molecule has 0 aromatic carbocycles. The molecule has 86 valence electrons. The van der Waals surface area contributed by atoms with Crippen molar-refractivity contribution in [2.45, 2.75) is 31.7 Å². The largest absolute Gasteiger partial charge is 0.370 e. The number of guanidine groups is 1. The van der Waals surface area contributed by atoms with E-state index in [1.54, 1.807) is 0 Å². The normalized spacial score (nSPS) is 26.2. The van der Waals surface area contributed by atoms with Crippen LogP contribution < -0.4 is 5.73 Å². The lowest BCUT2D eigenvalue weighted by Gasteiger charge is -2.33. The van der Waals surface area contributed by atoms with Gasteiger partial charge in [0.1, 0.15) is 0 Å². The molecule has 1 saturated heterocycles. The molecule has 4 nitrogen and oxygen atoms in total. The van der Waals surface area contributed by atoms with Crippen molar-refractivity contribution in [2.24, 2.45) is 10.7 Å². The molecule has 1 saturated carbocycles. The minimum Gasteiger partial charge on any atom is -0.370 e. The molecule has 0 amide bonds. The van der Waals surface area contributed by atoms with Crippen molar-refractivity contribution in [1.29, 1.82) is 0 Å². The Morgan fingerprint density at radius 2 is 1.73 bits per heavy atom. The van der Waals surface area contributed by atoms with Gasteiger partial charge in [0.2, 0.25) is 0 Å². The fraction of sp³-hybridized carbons (Fsp3) is 0.909. The topological polar surface area (TPSA) is 44.9 Å². The lowest BCUT2D eigenvalue weighted by atomic mass is 10.3. The average molecular weight is 210 g/mol. The van der Waals surface area contributed by atoms with E-state index in [0.29, 0.717) is 6.04 Å². The van der Waals surface area contributed by atoms with Crippen molar-refractivity contribution in [2.75, 3.05) is 33.2 Å². The van der Waals surface area contributed by atoms with Gasteiger partial charge in [-0.25, -0.2) is 4.99 Å². The first-order valence-electron chi connectivity index (χ1n) is 6.02. The molecule has 2 rings (SSSR count). The molecule has 0 radical (unpaired) electrons. The molecule has 1 aliphatic heterocycles. The summed E-state index contributed by atoms with van der Waals surface area (Å²) in [5.74, 6) is 0.773. The summed E-state index contributed by atoms with van der Waals surface area (Å²) >= 11 is 0. The van der Waals surface area contributed by atoms with E-state index in [1.165, 1.54) is 25.7 Å². The van der Waals surface area contributed by atoms with E-state index in [4.69, 9.17) is 5.73 Å². The summed E-state index contributed by atoms with van der Waals surface area (Å²) in [6.45, 7) is 4.25. The minimum atomic E-state index is 0.504. The van der Waals surface area contributed by atoms with Crippen LogP contribution in [0.4, 0.5) is 0 Å². The second-order valence-electron chi connectivity index (χ2n) is 4.72. The van der Waals surface area contributed by atoms with Crippen molar-refractivity contribution in [3.05, 3.63) is 0 Å². The van der Waals surface area contributed by atoms with Crippen molar-refractivity contribution in [1.82, 2.24) is 9.80 Å². The lowest BCUT2D eigenvalue weighted by Crippen LogP contribution is -2.50. The van der Waals surface area contributed by atoms with E-state index in [2.05, 4.69) is 21.8 Å². The Balaban J connectivity index is 1.86. The highest BCUT2D eigenvalue weighted by Crippen LogP contribution is 2.21. The molecule has 0 aromatic rings. The van der Waals surface area contributed by atoms with Gasteiger partial charge >= 0.3 is 0 Å². The van der Waals surface area contributed by atoms with E-state index in [1.807, 2.05) is 0 Å². The number of hydrogen-bond donors (Lipinski definition) is 1. The Labute approximate surface area is 92.1 Å². The Hall–Kier alpha value is -0.770. The average Bonchev–Trinajstić information content (AvgIpc) is 2.71. The number of nitrogens with zero attached hydrogens (tertiary/aromatic N) is 3. The maximum atomic E-state index is 6.03. The number of hydrogen-bond acceptors (Lipinski definition) is 2. The smallest absolute Gasteiger partial charge is 0.191 e. The summed E-state index contributed by atoms with van der Waals surface area (Å²) in [5.41, 5.74) is 6.03. The molecule has 2 aliphatic rings. The van der Waals surface area contributed by atoms with Crippen LogP contribution in [0.2, 0.25) is 0 Å². The van der Waals surface area contributed by atoms with Crippen molar-refractivity contribution < 1.29 is 0 Å². The lowest BCUT2D eigenvalue weighted by molar-refractivity contribution is 0.213. The van der Waals surface area contributed by atoms with Gasteiger partial charge in [-0.3, -0.25) is 0 Å². The van der Waals surface area contributed by atoms with Gasteiger partial charge in [0.25, 0.3) is 0 Å². The van der Waals surface area contributed by atoms with Crippen LogP contribution >= 0.6 is 0 Å². The number of nitrogens with two attached hydrogens (primary N) is 1. The van der Waals surface area contributed by atoms with E-state index in [-0.39, 0.29) is 0 Å². The fourth-order valence-electron chi connectivity index (χ4n) is 2.34. The van der Waals surface area contributed by atoms with E-state index < -0.39 is 0 Å². The van der Waals surface area contributed by atoms with Crippen molar-refractivity contribution in [3.63, 3.8) is 0 Å². The zero-order valence-corrected chi connectivity index (χ0v) is 9.65. The van der Waals surface area contributed by atoms with Gasteiger partial charge in [0.15, 0.2) is 5.96 Å². The first-order chi connectivity index (χ1) is 7.25. The minimum absolute atomic E-state index is 0.504. The summed E-state index contributed by atoms with van der Waals surface area (Å²) in [6.07, 6.45) is 5.11. The van der Waals surface area contributed by atoms with Crippen LogP contribution in [0.5, 0.6) is 0 Å². The first-order valence-corrected chi connectivity index (χ1v) is 6.02. The summed E-state index contributed by atoms with van der Waals surface area (Å²) in [4.78, 5) is 9.18. The first kappa shape index (κ1) is 10.7. The molecular weight excluding hydrogens is 188 g/mol. The third-order valence-corrected chi connectivity index (χ3v) is 3.47. The summed E-state index contributed by atoms with van der Waals surface area (Å²) in [5, 5.41) is 0. The standard InChI is InChI=1S/C11H22N4/c1-14-6-8-15(9-7-14)11(12)13-10-4-2-3-5-10/h10H,2-9H2,1H3,(H2,12,13). The zero-order valence-electron chi connectivity index (χ0n) is 9.65. The number of aliphatic imine (C=N–C) groups is 1. The molecular formula is C11H22N4. The van der Waals surface area contributed by atoms with Crippen LogP contribution in [0.15, 0.2) is 4.99 Å². The van der Waals surface area contributed by atoms with E-state index in [0.717, 1.165) is 32.1 Å². The third-order valence-electron chi connectivity index (χ3n) is 3.47. The maximum absolute atomic E-state index is 6.03. The highest BCUT2D eigenvalue weighted by atomic mass is 15.3. The number of rotatable bonds is 1. The fourth-order valence-corrected chi connectivity index (χ4v) is 2.34. The van der Waals surface area contributed by atoms with E-state index in [9.17, 15) is 0 Å². The molecule has 1 heterocycles. The van der Waals surface area contributed by atoms with Gasteiger partial charge in [-0.05, 0) is 19.9 Å². The molecule has 0 unspecified atom stereocenters. The van der Waals surface area contributed by atoms with Crippen LogP contribution in [0.25, 0.3) is 0 Å². The highest BCUT2D eigenvalue weighted by Gasteiger charge is 2.18. The zero-order chi connectivity index (χ0) is 10.7. The Kier molecular flexibility index (Phi) is 3.46. The molecule has 0 atom stereocenters. The van der Waals surface area contributed by atoms with Crippen LogP contribution in [0, 0.1) is 0 Å². The molecule has 2 fully saturated rings. The number of likely N-dealkylation sites (N-methyl/N-ethyl adjacent to an activating group) is 1. The predicted octanol–water partition coefficient (Wildman–Crippen LogP) is 0.491. The Bertz CT molecular complexity index is 225. The van der Waals surface area contributed by atoms with Crippen LogP contribution in [0.3, 0.4) is 0 Å². The Morgan fingerprint density at radius 3 is 2.33 bits per heavy atom. The monoisotopic (exact) mass is 210 g/mol. The quantitative estimate of drug-likeness (QED) is 0.506. The van der Waals surface area contributed by atoms with Gasteiger partial charge in [-0.15, -0.1) is 0 Å². The van der Waals surface area contributed by atoms with Gasteiger partial charge in [0, 0.05) is 26.2 Å². The van der Waals surface area contributed by atoms with Gasteiger partial charge in [0.05, 0.1) is 6.04 Å². The molecule has 0 aromatic heterocycles. The summed E-state index contributed by atoms with van der Waals surface area (Å²) < 4.78 is 0. The van der Waals surface area contributed by atoms with Crippen molar-refractivity contribution in [3.8, 4) is 0 Å². The SMILES string of the molecule is CN1CCN(C(N)=NC2CCCC2)CC1. The van der Waals surface area contributed by atoms with Crippen molar-refractivity contribution >= 4 is 5.96 Å². The van der Waals surface area contributed by atoms with E-state index >= 15 is 0 Å². The van der Waals surface area contributed by atoms with Crippen LogP contribution in [-0.4, -0.2) is 55.0 Å². The third kappa shape index (κ3) is 2.84. The van der Waals surface area contributed by atoms with Crippen LogP contribution in [-0.2, 0) is 0 Å². The van der Waals surface area contributed by atoms with Gasteiger partial charge in [-0.2, -0.15) is 0 Å². The summed E-state index contributed by atoms with van der Waals surface area (Å²) in [6, 6.07) is 0.504. The highest BCUT2D eigenvalue weighted by molar-refractivity contribution is 5.78. The molecule has 0 bridgehead atoms. The molecule has 1 aliphatic carbocycles. The molecule has 15 heavy (non-hydrogen) atoms. The summed E-state index contributed by atoms with van der Waals surface area (Å²) in [7, 11) is 2.15. The molecule has 2 N–H and O–H groups in total.